The van der Waals surface area contributed by atoms with Crippen molar-refractivity contribution in [3.05, 3.63) is 60.2 Å². The van der Waals surface area contributed by atoms with Crippen LogP contribution >= 0.6 is 0 Å². The lowest BCUT2D eigenvalue weighted by Gasteiger charge is -2.30. The van der Waals surface area contributed by atoms with E-state index in [-0.39, 0.29) is 29.9 Å². The van der Waals surface area contributed by atoms with Gasteiger partial charge in [0, 0.05) is 20.0 Å². The van der Waals surface area contributed by atoms with E-state index in [4.69, 9.17) is 0 Å². The van der Waals surface area contributed by atoms with Crippen LogP contribution in [0.4, 0.5) is 5.69 Å². The molecule has 0 aromatic heterocycles. The van der Waals surface area contributed by atoms with E-state index in [2.05, 4.69) is 5.32 Å². The van der Waals surface area contributed by atoms with Crippen molar-refractivity contribution in [2.75, 3.05) is 25.1 Å². The number of anilines is 1. The van der Waals surface area contributed by atoms with Crippen molar-refractivity contribution in [3.63, 3.8) is 0 Å². The smallest absolute Gasteiger partial charge is 0.241 e. The molecule has 2 amide bonds. The van der Waals surface area contributed by atoms with Gasteiger partial charge in [-0.15, -0.1) is 0 Å². The fraction of sp³-hybridized carbons (Fsp3) is 0.300. The van der Waals surface area contributed by atoms with Gasteiger partial charge >= 0.3 is 0 Å². The normalized spacial score (nSPS) is 16.6. The van der Waals surface area contributed by atoms with Gasteiger partial charge in [-0.3, -0.25) is 19.6 Å². The van der Waals surface area contributed by atoms with E-state index < -0.39 is 0 Å². The van der Waals surface area contributed by atoms with Crippen LogP contribution in [-0.2, 0) is 16.0 Å². The highest BCUT2D eigenvalue weighted by molar-refractivity contribution is 5.90. The molecule has 2 aromatic carbocycles. The first-order valence-electron chi connectivity index (χ1n) is 8.69. The van der Waals surface area contributed by atoms with Crippen molar-refractivity contribution in [2.24, 2.45) is 5.92 Å². The molecule has 0 aliphatic carbocycles. The third kappa shape index (κ3) is 4.14. The molecule has 0 bridgehead atoms. The molecule has 6 nitrogen and oxygen atoms in total. The fourth-order valence-corrected chi connectivity index (χ4v) is 3.08. The highest BCUT2D eigenvalue weighted by Gasteiger charge is 2.36. The average molecular weight is 353 g/mol. The van der Waals surface area contributed by atoms with Crippen LogP contribution in [0.2, 0.25) is 0 Å². The molecular formula is C20H23N3O3. The Bertz CT molecular complexity index is 762. The van der Waals surface area contributed by atoms with Crippen LogP contribution in [0.15, 0.2) is 54.6 Å². The summed E-state index contributed by atoms with van der Waals surface area (Å²) in [6.07, 6.45) is 0.905. The van der Waals surface area contributed by atoms with Crippen LogP contribution in [0.25, 0.3) is 0 Å². The molecule has 1 fully saturated rings. The predicted octanol–water partition coefficient (Wildman–Crippen LogP) is 1.95. The SMILES string of the molecule is CN(c1ccccc1)N1CC(C(=O)NCCc2ccc(O)cc2)CC1=O. The highest BCUT2D eigenvalue weighted by Crippen LogP contribution is 2.23. The Kier molecular flexibility index (Phi) is 5.41. The van der Waals surface area contributed by atoms with Gasteiger partial charge in [-0.05, 0) is 36.2 Å². The first-order chi connectivity index (χ1) is 12.5. The lowest BCUT2D eigenvalue weighted by molar-refractivity contribution is -0.129. The van der Waals surface area contributed by atoms with Crippen molar-refractivity contribution < 1.29 is 14.7 Å². The number of para-hydroxylation sites is 1. The molecule has 6 heteroatoms. The maximum Gasteiger partial charge on any atom is 0.241 e. The molecule has 1 atom stereocenters. The van der Waals surface area contributed by atoms with E-state index in [0.717, 1.165) is 11.3 Å². The van der Waals surface area contributed by atoms with Crippen molar-refractivity contribution in [1.29, 1.82) is 0 Å². The van der Waals surface area contributed by atoms with Gasteiger partial charge < -0.3 is 10.4 Å². The van der Waals surface area contributed by atoms with E-state index in [1.54, 1.807) is 22.2 Å². The second-order valence-electron chi connectivity index (χ2n) is 6.44. The van der Waals surface area contributed by atoms with Crippen LogP contribution in [0.1, 0.15) is 12.0 Å². The van der Waals surface area contributed by atoms with Crippen LogP contribution in [0.3, 0.4) is 0 Å². The minimum atomic E-state index is -0.339. The molecule has 1 aliphatic heterocycles. The van der Waals surface area contributed by atoms with Crippen molar-refractivity contribution in [1.82, 2.24) is 10.3 Å². The Hall–Kier alpha value is -3.02. The number of phenols is 1. The minimum Gasteiger partial charge on any atom is -0.508 e. The van der Waals surface area contributed by atoms with Gasteiger partial charge in [-0.1, -0.05) is 30.3 Å². The molecule has 1 unspecified atom stereocenters. The Balaban J connectivity index is 1.51. The van der Waals surface area contributed by atoms with Gasteiger partial charge in [0.15, 0.2) is 0 Å². The molecule has 2 aromatic rings. The molecule has 3 rings (SSSR count). The van der Waals surface area contributed by atoms with Crippen LogP contribution < -0.4 is 10.3 Å². The topological polar surface area (TPSA) is 72.9 Å². The second kappa shape index (κ2) is 7.91. The number of nitrogens with zero attached hydrogens (tertiary/aromatic N) is 2. The van der Waals surface area contributed by atoms with Gasteiger partial charge in [-0.2, -0.15) is 0 Å². The van der Waals surface area contributed by atoms with E-state index in [1.165, 1.54) is 0 Å². The minimum absolute atomic E-state index is 0.0463. The molecule has 2 N–H and O–H groups in total. The number of hydrazine groups is 1. The Labute approximate surface area is 153 Å². The van der Waals surface area contributed by atoms with Gasteiger partial charge in [-0.25, -0.2) is 0 Å². The summed E-state index contributed by atoms with van der Waals surface area (Å²) in [4.78, 5) is 24.7. The van der Waals surface area contributed by atoms with Gasteiger partial charge in [0.05, 0.1) is 18.2 Å². The predicted molar refractivity (Wildman–Crippen MR) is 99.5 cm³/mol. The lowest BCUT2D eigenvalue weighted by Crippen LogP contribution is -2.42. The van der Waals surface area contributed by atoms with E-state index in [9.17, 15) is 14.7 Å². The molecule has 0 radical (unpaired) electrons. The summed E-state index contributed by atoms with van der Waals surface area (Å²) < 4.78 is 0. The zero-order valence-electron chi connectivity index (χ0n) is 14.8. The number of amides is 2. The number of phenolic OH excluding ortho intramolecular Hbond substituents is 1. The summed E-state index contributed by atoms with van der Waals surface area (Å²) in [6, 6.07) is 16.5. The third-order valence-electron chi connectivity index (χ3n) is 4.61. The van der Waals surface area contributed by atoms with Crippen LogP contribution in [0.5, 0.6) is 5.75 Å². The number of nitrogens with one attached hydrogen (secondary N) is 1. The summed E-state index contributed by atoms with van der Waals surface area (Å²) in [5.74, 6) is -0.255. The number of rotatable bonds is 6. The van der Waals surface area contributed by atoms with Gasteiger partial charge in [0.2, 0.25) is 11.8 Å². The monoisotopic (exact) mass is 353 g/mol. The molecule has 0 spiro atoms. The molecule has 136 valence electrons. The summed E-state index contributed by atoms with van der Waals surface area (Å²) >= 11 is 0. The average Bonchev–Trinajstić information content (AvgIpc) is 3.05. The first-order valence-corrected chi connectivity index (χ1v) is 8.69. The van der Waals surface area contributed by atoms with Gasteiger partial charge in [0.25, 0.3) is 0 Å². The number of hydrogen-bond acceptors (Lipinski definition) is 4. The summed E-state index contributed by atoms with van der Waals surface area (Å²) in [5, 5.41) is 15.6. The van der Waals surface area contributed by atoms with Crippen LogP contribution in [0, 0.1) is 5.92 Å². The van der Waals surface area contributed by atoms with E-state index in [0.29, 0.717) is 19.5 Å². The Morgan fingerprint density at radius 3 is 2.58 bits per heavy atom. The summed E-state index contributed by atoms with van der Waals surface area (Å²) in [5.41, 5.74) is 1.95. The molecular weight excluding hydrogens is 330 g/mol. The summed E-state index contributed by atoms with van der Waals surface area (Å²) in [7, 11) is 1.83. The molecule has 26 heavy (non-hydrogen) atoms. The number of hydrogen-bond donors (Lipinski definition) is 2. The number of benzene rings is 2. The Morgan fingerprint density at radius 1 is 1.19 bits per heavy atom. The number of aromatic hydroxyl groups is 1. The second-order valence-corrected chi connectivity index (χ2v) is 6.44. The third-order valence-corrected chi connectivity index (χ3v) is 4.61. The number of carbonyl (C=O) groups is 2. The zero-order valence-corrected chi connectivity index (χ0v) is 14.8. The molecule has 0 saturated carbocycles. The zero-order chi connectivity index (χ0) is 18.5. The van der Waals surface area contributed by atoms with Crippen molar-refractivity contribution in [3.8, 4) is 5.75 Å². The standard InChI is InChI=1S/C20H23N3O3/c1-22(17-5-3-2-4-6-17)23-14-16(13-19(23)25)20(26)21-12-11-15-7-9-18(24)10-8-15/h2-10,16,24H,11-14H2,1H3,(H,21,26). The molecule has 1 heterocycles. The van der Waals surface area contributed by atoms with E-state index >= 15 is 0 Å². The van der Waals surface area contributed by atoms with Crippen LogP contribution in [-0.4, -0.2) is 42.1 Å². The molecule has 1 saturated heterocycles. The number of carbonyl (C=O) groups excluding carboxylic acids is 2. The first kappa shape index (κ1) is 17.8. The van der Waals surface area contributed by atoms with Crippen molar-refractivity contribution in [2.45, 2.75) is 12.8 Å². The maximum absolute atomic E-state index is 12.4. The fourth-order valence-electron chi connectivity index (χ4n) is 3.08. The Morgan fingerprint density at radius 2 is 1.88 bits per heavy atom. The molecule has 1 aliphatic rings. The van der Waals surface area contributed by atoms with Crippen molar-refractivity contribution >= 4 is 17.5 Å². The maximum atomic E-state index is 12.4. The highest BCUT2D eigenvalue weighted by atomic mass is 16.3. The lowest BCUT2D eigenvalue weighted by atomic mass is 10.1. The van der Waals surface area contributed by atoms with Gasteiger partial charge in [0.1, 0.15) is 5.75 Å². The largest absolute Gasteiger partial charge is 0.508 e. The quantitative estimate of drug-likeness (QED) is 0.833. The summed E-state index contributed by atoms with van der Waals surface area (Å²) in [6.45, 7) is 0.887. The van der Waals surface area contributed by atoms with E-state index in [1.807, 2.05) is 49.5 Å².